The molecular formula is C19H24N2O. The van der Waals surface area contributed by atoms with Gasteiger partial charge in [-0.2, -0.15) is 0 Å². The van der Waals surface area contributed by atoms with Crippen molar-refractivity contribution in [1.82, 2.24) is 9.47 Å². The van der Waals surface area contributed by atoms with E-state index >= 15 is 0 Å². The zero-order valence-electron chi connectivity index (χ0n) is 13.5. The summed E-state index contributed by atoms with van der Waals surface area (Å²) in [6.07, 6.45) is 4.88. The molecule has 116 valence electrons. The minimum absolute atomic E-state index is 0.249. The van der Waals surface area contributed by atoms with Gasteiger partial charge in [0.15, 0.2) is 0 Å². The van der Waals surface area contributed by atoms with Crippen molar-refractivity contribution in [3.8, 4) is 5.69 Å². The van der Waals surface area contributed by atoms with Crippen LogP contribution >= 0.6 is 0 Å². The molecule has 2 heterocycles. The van der Waals surface area contributed by atoms with Crippen molar-refractivity contribution in [2.75, 3.05) is 13.1 Å². The van der Waals surface area contributed by atoms with Crippen molar-refractivity contribution in [2.45, 2.75) is 33.1 Å². The van der Waals surface area contributed by atoms with Crippen LogP contribution < -0.4 is 0 Å². The highest BCUT2D eigenvalue weighted by Gasteiger charge is 2.21. The Bertz CT molecular complexity index is 642. The smallest absolute Gasteiger partial charge is 0.228 e. The van der Waals surface area contributed by atoms with Crippen LogP contribution in [0.25, 0.3) is 5.69 Å². The fraction of sp³-hybridized carbons (Fsp3) is 0.421. The highest BCUT2D eigenvalue weighted by molar-refractivity contribution is 5.78. The molecule has 0 radical (unpaired) electrons. The van der Waals surface area contributed by atoms with Crippen LogP contribution in [0.3, 0.4) is 0 Å². The highest BCUT2D eigenvalue weighted by Crippen LogP contribution is 2.18. The Kier molecular flexibility index (Phi) is 4.32. The third kappa shape index (κ3) is 3.24. The quantitative estimate of drug-likeness (QED) is 0.850. The first kappa shape index (κ1) is 14.9. The molecule has 0 bridgehead atoms. The molecule has 3 rings (SSSR count). The Morgan fingerprint density at radius 3 is 2.73 bits per heavy atom. The second-order valence-electron chi connectivity index (χ2n) is 6.47. The Morgan fingerprint density at radius 2 is 2.00 bits per heavy atom. The molecule has 3 nitrogen and oxygen atoms in total. The maximum absolute atomic E-state index is 12.6. The van der Waals surface area contributed by atoms with Crippen molar-refractivity contribution in [3.63, 3.8) is 0 Å². The van der Waals surface area contributed by atoms with Gasteiger partial charge in [-0.1, -0.05) is 24.6 Å². The predicted octanol–water partition coefficient (Wildman–Crippen LogP) is 3.59. The first-order chi connectivity index (χ1) is 10.6. The average molecular weight is 296 g/mol. The van der Waals surface area contributed by atoms with Gasteiger partial charge in [0.1, 0.15) is 0 Å². The van der Waals surface area contributed by atoms with Crippen molar-refractivity contribution in [3.05, 3.63) is 53.9 Å². The summed E-state index contributed by atoms with van der Waals surface area (Å²) in [6, 6.07) is 12.5. The number of likely N-dealkylation sites (tertiary alicyclic amines) is 1. The number of amides is 1. The normalized spacial score (nSPS) is 18.5. The molecule has 1 aliphatic rings. The van der Waals surface area contributed by atoms with Gasteiger partial charge < -0.3 is 9.47 Å². The summed E-state index contributed by atoms with van der Waals surface area (Å²) in [5.41, 5.74) is 3.42. The Balaban J connectivity index is 1.74. The largest absolute Gasteiger partial charge is 0.342 e. The summed E-state index contributed by atoms with van der Waals surface area (Å²) < 4.78 is 2.12. The standard InChI is InChI=1S/C19H24N2O/c1-15-7-9-17(10-8-15)21-12-4-6-18(21)13-19(22)20-11-3-5-16(2)14-20/h4,6-10,12,16H,3,5,11,13-14H2,1-2H3/t16-/m1/s1. The summed E-state index contributed by atoms with van der Waals surface area (Å²) >= 11 is 0. The number of carbonyl (C=O) groups is 1. The number of benzene rings is 1. The van der Waals surface area contributed by atoms with E-state index in [9.17, 15) is 4.79 Å². The van der Waals surface area contributed by atoms with E-state index in [1.54, 1.807) is 0 Å². The van der Waals surface area contributed by atoms with Gasteiger partial charge in [0.05, 0.1) is 6.42 Å². The van der Waals surface area contributed by atoms with Crippen LogP contribution in [0.1, 0.15) is 31.0 Å². The molecule has 22 heavy (non-hydrogen) atoms. The first-order valence-corrected chi connectivity index (χ1v) is 8.14. The number of piperidine rings is 1. The average Bonchev–Trinajstić information content (AvgIpc) is 2.96. The zero-order valence-corrected chi connectivity index (χ0v) is 13.5. The lowest BCUT2D eigenvalue weighted by atomic mass is 10.00. The number of hydrogen-bond acceptors (Lipinski definition) is 1. The molecule has 0 unspecified atom stereocenters. The van der Waals surface area contributed by atoms with Crippen molar-refractivity contribution >= 4 is 5.91 Å². The molecule has 1 amide bonds. The van der Waals surface area contributed by atoms with E-state index in [0.717, 1.165) is 30.9 Å². The number of rotatable bonds is 3. The lowest BCUT2D eigenvalue weighted by molar-refractivity contribution is -0.132. The van der Waals surface area contributed by atoms with E-state index in [2.05, 4.69) is 42.7 Å². The molecule has 1 aliphatic heterocycles. The van der Waals surface area contributed by atoms with E-state index in [4.69, 9.17) is 0 Å². The maximum atomic E-state index is 12.6. The van der Waals surface area contributed by atoms with Crippen molar-refractivity contribution in [2.24, 2.45) is 5.92 Å². The van der Waals surface area contributed by atoms with E-state index in [1.807, 2.05) is 23.2 Å². The van der Waals surface area contributed by atoms with Gasteiger partial charge in [0, 0.05) is 30.7 Å². The van der Waals surface area contributed by atoms with Crippen LogP contribution in [0.4, 0.5) is 0 Å². The SMILES string of the molecule is Cc1ccc(-n2cccc2CC(=O)N2CCC[C@@H](C)C2)cc1. The summed E-state index contributed by atoms with van der Waals surface area (Å²) in [7, 11) is 0. The molecule has 0 aliphatic carbocycles. The van der Waals surface area contributed by atoms with Gasteiger partial charge in [-0.15, -0.1) is 0 Å². The summed E-state index contributed by atoms with van der Waals surface area (Å²) in [5, 5.41) is 0. The second kappa shape index (κ2) is 6.39. The monoisotopic (exact) mass is 296 g/mol. The molecule has 0 spiro atoms. The van der Waals surface area contributed by atoms with Crippen LogP contribution in [0.5, 0.6) is 0 Å². The van der Waals surface area contributed by atoms with E-state index in [-0.39, 0.29) is 5.91 Å². The molecule has 0 saturated carbocycles. The molecule has 0 N–H and O–H groups in total. The van der Waals surface area contributed by atoms with Gasteiger partial charge in [-0.3, -0.25) is 4.79 Å². The van der Waals surface area contributed by atoms with Crippen LogP contribution in [0.2, 0.25) is 0 Å². The van der Waals surface area contributed by atoms with Crippen LogP contribution in [-0.2, 0) is 11.2 Å². The maximum Gasteiger partial charge on any atom is 0.228 e. The third-order valence-electron chi connectivity index (χ3n) is 4.49. The Morgan fingerprint density at radius 1 is 1.23 bits per heavy atom. The zero-order chi connectivity index (χ0) is 15.5. The Labute approximate surface area is 132 Å². The van der Waals surface area contributed by atoms with Gasteiger partial charge >= 0.3 is 0 Å². The fourth-order valence-corrected chi connectivity index (χ4v) is 3.20. The van der Waals surface area contributed by atoms with Gasteiger partial charge in [0.2, 0.25) is 5.91 Å². The molecule has 3 heteroatoms. The van der Waals surface area contributed by atoms with Gasteiger partial charge in [-0.05, 0) is 49.9 Å². The van der Waals surface area contributed by atoms with Crippen molar-refractivity contribution < 1.29 is 4.79 Å². The van der Waals surface area contributed by atoms with Crippen molar-refractivity contribution in [1.29, 1.82) is 0 Å². The van der Waals surface area contributed by atoms with E-state index in [0.29, 0.717) is 12.3 Å². The summed E-state index contributed by atoms with van der Waals surface area (Å²) in [4.78, 5) is 14.6. The first-order valence-electron chi connectivity index (χ1n) is 8.14. The van der Waals surface area contributed by atoms with Crippen LogP contribution in [0, 0.1) is 12.8 Å². The lowest BCUT2D eigenvalue weighted by Crippen LogP contribution is -2.40. The molecular weight excluding hydrogens is 272 g/mol. The molecule has 1 aromatic heterocycles. The van der Waals surface area contributed by atoms with Gasteiger partial charge in [-0.25, -0.2) is 0 Å². The molecule has 1 fully saturated rings. The third-order valence-corrected chi connectivity index (χ3v) is 4.49. The number of nitrogens with zero attached hydrogens (tertiary/aromatic N) is 2. The fourth-order valence-electron chi connectivity index (χ4n) is 3.20. The molecule has 1 saturated heterocycles. The lowest BCUT2D eigenvalue weighted by Gasteiger charge is -2.31. The minimum atomic E-state index is 0.249. The molecule has 2 aromatic rings. The summed E-state index contributed by atoms with van der Waals surface area (Å²) in [6.45, 7) is 6.13. The van der Waals surface area contributed by atoms with Crippen LogP contribution in [0.15, 0.2) is 42.6 Å². The number of aryl methyl sites for hydroxylation is 1. The molecule has 1 aromatic carbocycles. The van der Waals surface area contributed by atoms with Gasteiger partial charge in [0.25, 0.3) is 0 Å². The number of carbonyl (C=O) groups excluding carboxylic acids is 1. The highest BCUT2D eigenvalue weighted by atomic mass is 16.2. The number of hydrogen-bond donors (Lipinski definition) is 0. The minimum Gasteiger partial charge on any atom is -0.342 e. The topological polar surface area (TPSA) is 25.2 Å². The Hall–Kier alpha value is -2.03. The number of aromatic nitrogens is 1. The summed E-state index contributed by atoms with van der Waals surface area (Å²) in [5.74, 6) is 0.875. The van der Waals surface area contributed by atoms with Crippen LogP contribution in [-0.4, -0.2) is 28.5 Å². The van der Waals surface area contributed by atoms with E-state index in [1.165, 1.54) is 12.0 Å². The molecule has 1 atom stereocenters. The second-order valence-corrected chi connectivity index (χ2v) is 6.47. The predicted molar refractivity (Wildman–Crippen MR) is 89.2 cm³/mol. The van der Waals surface area contributed by atoms with E-state index < -0.39 is 0 Å².